The van der Waals surface area contributed by atoms with Crippen molar-refractivity contribution in [2.75, 3.05) is 6.26 Å². The van der Waals surface area contributed by atoms with E-state index < -0.39 is 0 Å². The summed E-state index contributed by atoms with van der Waals surface area (Å²) in [5, 5.41) is 5.88. The third-order valence-corrected chi connectivity index (χ3v) is 4.62. The maximum absolute atomic E-state index is 14.1. The molecule has 4 rings (SSSR count). The highest BCUT2D eigenvalue weighted by Crippen LogP contribution is 2.31. The van der Waals surface area contributed by atoms with Gasteiger partial charge in [-0.2, -0.15) is 5.10 Å². The third-order valence-electron chi connectivity index (χ3n) is 4.08. The fraction of sp³-hybridized carbons (Fsp3) is 0.167. The number of hydrogen-bond acceptors (Lipinski definition) is 4. The second kappa shape index (κ2) is 6.33. The van der Waals surface area contributed by atoms with Gasteiger partial charge in [-0.15, -0.1) is 0 Å². The first kappa shape index (κ1) is 15.8. The number of thioether (sulfide) groups is 1. The summed E-state index contributed by atoms with van der Waals surface area (Å²) >= 11 is 1.46. The summed E-state index contributed by atoms with van der Waals surface area (Å²) in [4.78, 5) is 12.3. The largest absolute Gasteiger partial charge is 0.361 e. The van der Waals surface area contributed by atoms with Gasteiger partial charge in [-0.1, -0.05) is 11.8 Å². The molecule has 1 aromatic carbocycles. The van der Waals surface area contributed by atoms with E-state index in [9.17, 15) is 4.39 Å². The van der Waals surface area contributed by atoms with Gasteiger partial charge < -0.3 is 4.98 Å². The Kier molecular flexibility index (Phi) is 4.01. The molecule has 0 aliphatic rings. The van der Waals surface area contributed by atoms with Gasteiger partial charge in [-0.3, -0.25) is 4.68 Å². The number of rotatable bonds is 4. The number of aromatic nitrogens is 5. The Balaban J connectivity index is 1.96. The molecule has 0 aliphatic heterocycles. The lowest BCUT2D eigenvalue weighted by Crippen LogP contribution is -2.02. The van der Waals surface area contributed by atoms with Gasteiger partial charge in [-0.25, -0.2) is 14.4 Å². The second-order valence-corrected chi connectivity index (χ2v) is 6.32. The normalized spacial score (nSPS) is 11.3. The molecule has 0 saturated heterocycles. The highest BCUT2D eigenvalue weighted by Gasteiger charge is 2.14. The summed E-state index contributed by atoms with van der Waals surface area (Å²) < 4.78 is 15.9. The van der Waals surface area contributed by atoms with Crippen LogP contribution in [0.5, 0.6) is 0 Å². The molecule has 0 amide bonds. The Bertz CT molecular complexity index is 1050. The predicted octanol–water partition coefficient (Wildman–Crippen LogP) is 4.37. The van der Waals surface area contributed by atoms with Crippen LogP contribution in [0.4, 0.5) is 4.39 Å². The minimum absolute atomic E-state index is 0.297. The van der Waals surface area contributed by atoms with E-state index in [1.807, 2.05) is 36.1 Å². The maximum Gasteiger partial charge on any atom is 0.188 e. The van der Waals surface area contributed by atoms with Crippen molar-refractivity contribution in [2.45, 2.75) is 18.6 Å². The molecule has 3 heterocycles. The van der Waals surface area contributed by atoms with Crippen molar-refractivity contribution in [1.29, 1.82) is 0 Å². The van der Waals surface area contributed by atoms with Crippen LogP contribution in [0.25, 0.3) is 33.5 Å². The van der Waals surface area contributed by atoms with Crippen molar-refractivity contribution in [3.05, 3.63) is 48.5 Å². The Morgan fingerprint density at radius 3 is 2.80 bits per heavy atom. The smallest absolute Gasteiger partial charge is 0.188 e. The Labute approximate surface area is 148 Å². The number of fused-ring (bicyclic) bond motifs is 1. The summed E-state index contributed by atoms with van der Waals surface area (Å²) in [6.07, 6.45) is 5.49. The molecule has 0 radical (unpaired) electrons. The molecule has 0 saturated carbocycles. The number of nitrogens with zero attached hydrogens (tertiary/aromatic N) is 4. The number of hydrogen-bond donors (Lipinski definition) is 1. The number of nitrogens with one attached hydrogen (secondary N) is 1. The zero-order valence-corrected chi connectivity index (χ0v) is 14.6. The Morgan fingerprint density at radius 2 is 2.00 bits per heavy atom. The number of benzene rings is 1. The third kappa shape index (κ3) is 2.80. The van der Waals surface area contributed by atoms with Crippen molar-refractivity contribution in [3.8, 4) is 22.6 Å². The standard InChI is InChI=1S/C18H16FN5S/c1-3-24-17(5-7-21-24)16-10-15(22-18(23-16)25-2)13-8-11(19)9-14-12(13)4-6-20-14/h4-10,20H,3H2,1-2H3. The molecule has 0 aliphatic carbocycles. The van der Waals surface area contributed by atoms with Crippen LogP contribution < -0.4 is 0 Å². The first-order chi connectivity index (χ1) is 12.2. The summed E-state index contributed by atoms with van der Waals surface area (Å²) in [6.45, 7) is 2.78. The summed E-state index contributed by atoms with van der Waals surface area (Å²) in [7, 11) is 0. The SMILES string of the molecule is CCn1nccc1-c1cc(-c2cc(F)cc3[nH]ccc23)nc(SC)n1. The average molecular weight is 353 g/mol. The molecule has 25 heavy (non-hydrogen) atoms. The Morgan fingerprint density at radius 1 is 1.16 bits per heavy atom. The number of aromatic amines is 1. The van der Waals surface area contributed by atoms with Gasteiger partial charge in [-0.05, 0) is 43.5 Å². The van der Waals surface area contributed by atoms with Gasteiger partial charge in [0.25, 0.3) is 0 Å². The van der Waals surface area contributed by atoms with Crippen molar-refractivity contribution in [3.63, 3.8) is 0 Å². The van der Waals surface area contributed by atoms with E-state index in [1.54, 1.807) is 12.4 Å². The van der Waals surface area contributed by atoms with E-state index in [0.717, 1.165) is 34.4 Å². The van der Waals surface area contributed by atoms with Gasteiger partial charge in [0.05, 0.1) is 17.1 Å². The molecule has 0 spiro atoms. The maximum atomic E-state index is 14.1. The summed E-state index contributed by atoms with van der Waals surface area (Å²) in [6, 6.07) is 8.76. The molecule has 3 aromatic heterocycles. The topological polar surface area (TPSA) is 59.4 Å². The van der Waals surface area contributed by atoms with E-state index in [2.05, 4.69) is 20.1 Å². The number of H-pyrrole nitrogens is 1. The molecule has 4 aromatic rings. The minimum atomic E-state index is -0.297. The van der Waals surface area contributed by atoms with Crippen LogP contribution in [0.1, 0.15) is 6.92 Å². The van der Waals surface area contributed by atoms with Crippen molar-refractivity contribution >= 4 is 22.7 Å². The van der Waals surface area contributed by atoms with Crippen LogP contribution >= 0.6 is 11.8 Å². The van der Waals surface area contributed by atoms with E-state index in [0.29, 0.717) is 10.9 Å². The van der Waals surface area contributed by atoms with Crippen molar-refractivity contribution < 1.29 is 4.39 Å². The molecule has 5 nitrogen and oxygen atoms in total. The average Bonchev–Trinajstić information content (AvgIpc) is 3.29. The summed E-state index contributed by atoms with van der Waals surface area (Å²) in [5.41, 5.74) is 3.89. The van der Waals surface area contributed by atoms with Gasteiger partial charge >= 0.3 is 0 Å². The van der Waals surface area contributed by atoms with Crippen LogP contribution in [0, 0.1) is 5.82 Å². The lowest BCUT2D eigenvalue weighted by atomic mass is 10.1. The zero-order chi connectivity index (χ0) is 17.4. The predicted molar refractivity (Wildman–Crippen MR) is 98.0 cm³/mol. The fourth-order valence-corrected chi connectivity index (χ4v) is 3.31. The molecular weight excluding hydrogens is 337 g/mol. The molecular formula is C18H16FN5S. The van der Waals surface area contributed by atoms with Crippen LogP contribution in [-0.2, 0) is 6.54 Å². The summed E-state index contributed by atoms with van der Waals surface area (Å²) in [5.74, 6) is -0.297. The highest BCUT2D eigenvalue weighted by molar-refractivity contribution is 7.98. The minimum Gasteiger partial charge on any atom is -0.361 e. The van der Waals surface area contributed by atoms with Gasteiger partial charge in [0.15, 0.2) is 5.16 Å². The molecule has 1 N–H and O–H groups in total. The van der Waals surface area contributed by atoms with E-state index in [-0.39, 0.29) is 5.82 Å². The molecule has 0 bridgehead atoms. The van der Waals surface area contributed by atoms with Gasteiger partial charge in [0.2, 0.25) is 0 Å². The second-order valence-electron chi connectivity index (χ2n) is 5.55. The number of halogens is 1. The van der Waals surface area contributed by atoms with Crippen molar-refractivity contribution in [2.24, 2.45) is 0 Å². The fourth-order valence-electron chi connectivity index (χ4n) is 2.93. The van der Waals surface area contributed by atoms with E-state index >= 15 is 0 Å². The zero-order valence-electron chi connectivity index (χ0n) is 13.8. The lowest BCUT2D eigenvalue weighted by Gasteiger charge is -2.10. The first-order valence-electron chi connectivity index (χ1n) is 7.92. The van der Waals surface area contributed by atoms with Crippen molar-refractivity contribution in [1.82, 2.24) is 24.7 Å². The molecule has 0 unspecified atom stereocenters. The molecule has 0 fully saturated rings. The monoisotopic (exact) mass is 353 g/mol. The molecule has 7 heteroatoms. The van der Waals surface area contributed by atoms with Crippen LogP contribution in [0.3, 0.4) is 0 Å². The Hall–Kier alpha value is -2.67. The van der Waals surface area contributed by atoms with Gasteiger partial charge in [0, 0.05) is 35.4 Å². The lowest BCUT2D eigenvalue weighted by molar-refractivity contribution is 0.630. The molecule has 126 valence electrons. The molecule has 0 atom stereocenters. The number of aryl methyl sites for hydroxylation is 1. The first-order valence-corrected chi connectivity index (χ1v) is 9.14. The quantitative estimate of drug-likeness (QED) is 0.437. The van der Waals surface area contributed by atoms with E-state index in [1.165, 1.54) is 23.9 Å². The van der Waals surface area contributed by atoms with Crippen LogP contribution in [-0.4, -0.2) is 31.0 Å². The van der Waals surface area contributed by atoms with Gasteiger partial charge in [0.1, 0.15) is 5.82 Å². The van der Waals surface area contributed by atoms with Crippen LogP contribution in [0.2, 0.25) is 0 Å². The van der Waals surface area contributed by atoms with E-state index in [4.69, 9.17) is 0 Å². The highest BCUT2D eigenvalue weighted by atomic mass is 32.2. The van der Waals surface area contributed by atoms with Crippen LogP contribution in [0.15, 0.2) is 47.9 Å².